The van der Waals surface area contributed by atoms with Crippen LogP contribution in [0.15, 0.2) is 53.4 Å². The van der Waals surface area contributed by atoms with Gasteiger partial charge in [-0.3, -0.25) is 0 Å². The van der Waals surface area contributed by atoms with Crippen molar-refractivity contribution in [2.75, 3.05) is 18.4 Å². The predicted molar refractivity (Wildman–Crippen MR) is 109 cm³/mol. The first kappa shape index (κ1) is 19.0. The van der Waals surface area contributed by atoms with Crippen LogP contribution in [-0.4, -0.2) is 38.5 Å². The minimum Gasteiger partial charge on any atom is -0.324 e. The molecule has 6 nitrogen and oxygen atoms in total. The monoisotopic (exact) mass is 399 g/mol. The highest BCUT2D eigenvalue weighted by Crippen LogP contribution is 2.28. The molecule has 1 saturated carbocycles. The van der Waals surface area contributed by atoms with Crippen LogP contribution in [0.5, 0.6) is 0 Å². The third-order valence-electron chi connectivity index (χ3n) is 5.37. The molecule has 0 radical (unpaired) electrons. The van der Waals surface area contributed by atoms with Gasteiger partial charge in [-0.2, -0.15) is 0 Å². The van der Waals surface area contributed by atoms with Crippen LogP contribution in [0, 0.1) is 6.92 Å². The topological polar surface area (TPSA) is 78.5 Å². The van der Waals surface area contributed by atoms with E-state index in [-0.39, 0.29) is 17.0 Å². The first-order chi connectivity index (χ1) is 13.4. The van der Waals surface area contributed by atoms with E-state index in [4.69, 9.17) is 0 Å². The van der Waals surface area contributed by atoms with Crippen molar-refractivity contribution in [2.45, 2.75) is 43.0 Å². The molecule has 28 heavy (non-hydrogen) atoms. The second-order valence-corrected chi connectivity index (χ2v) is 9.33. The molecule has 1 aliphatic carbocycles. The Morgan fingerprint density at radius 2 is 1.82 bits per heavy atom. The van der Waals surface area contributed by atoms with Crippen molar-refractivity contribution in [2.24, 2.45) is 0 Å². The fourth-order valence-corrected chi connectivity index (χ4v) is 5.17. The van der Waals surface area contributed by atoms with Gasteiger partial charge in [0.25, 0.3) is 0 Å². The van der Waals surface area contributed by atoms with Gasteiger partial charge < -0.3 is 10.2 Å². The minimum atomic E-state index is -3.56. The summed E-state index contributed by atoms with van der Waals surface area (Å²) in [6.45, 7) is 3.11. The van der Waals surface area contributed by atoms with E-state index in [0.29, 0.717) is 30.3 Å². The zero-order chi connectivity index (χ0) is 19.7. The number of hydrogen-bond acceptors (Lipinski definition) is 3. The van der Waals surface area contributed by atoms with Crippen LogP contribution < -0.4 is 10.0 Å². The number of amides is 2. The summed E-state index contributed by atoms with van der Waals surface area (Å²) in [6, 6.07) is 15.1. The molecule has 1 unspecified atom stereocenters. The molecule has 0 bridgehead atoms. The fraction of sp³-hybridized carbons (Fsp3) is 0.381. The van der Waals surface area contributed by atoms with E-state index in [9.17, 15) is 13.2 Å². The van der Waals surface area contributed by atoms with Crippen molar-refractivity contribution >= 4 is 21.7 Å². The van der Waals surface area contributed by atoms with Gasteiger partial charge in [-0.1, -0.05) is 36.4 Å². The zero-order valence-corrected chi connectivity index (χ0v) is 16.7. The lowest BCUT2D eigenvalue weighted by atomic mass is 9.99. The molecule has 1 atom stereocenters. The molecule has 1 heterocycles. The summed E-state index contributed by atoms with van der Waals surface area (Å²) >= 11 is 0. The molecule has 0 aromatic heterocycles. The maximum absolute atomic E-state index is 12.7. The maximum Gasteiger partial charge on any atom is 0.321 e. The summed E-state index contributed by atoms with van der Waals surface area (Å²) in [5, 5.41) is 2.86. The highest BCUT2D eigenvalue weighted by Gasteiger charge is 2.30. The van der Waals surface area contributed by atoms with Gasteiger partial charge in [0, 0.05) is 30.7 Å². The second-order valence-electron chi connectivity index (χ2n) is 7.65. The van der Waals surface area contributed by atoms with Gasteiger partial charge in [-0.05, 0) is 49.4 Å². The zero-order valence-electron chi connectivity index (χ0n) is 15.9. The number of urea groups is 1. The van der Waals surface area contributed by atoms with E-state index in [0.717, 1.165) is 19.3 Å². The van der Waals surface area contributed by atoms with Crippen LogP contribution in [0.3, 0.4) is 0 Å². The molecule has 0 spiro atoms. The molecule has 148 valence electrons. The minimum absolute atomic E-state index is 0.0437. The number of carbonyl (C=O) groups is 1. The van der Waals surface area contributed by atoms with Crippen molar-refractivity contribution < 1.29 is 13.2 Å². The Morgan fingerprint density at radius 3 is 2.54 bits per heavy atom. The lowest BCUT2D eigenvalue weighted by Crippen LogP contribution is -2.33. The summed E-state index contributed by atoms with van der Waals surface area (Å²) < 4.78 is 27.8. The van der Waals surface area contributed by atoms with Crippen LogP contribution in [0.25, 0.3) is 0 Å². The molecule has 2 aromatic carbocycles. The number of hydrogen-bond donors (Lipinski definition) is 2. The highest BCUT2D eigenvalue weighted by molar-refractivity contribution is 7.89. The lowest BCUT2D eigenvalue weighted by Gasteiger charge is -2.18. The number of benzene rings is 2. The van der Waals surface area contributed by atoms with Crippen molar-refractivity contribution in [3.63, 3.8) is 0 Å². The molecule has 2 aliphatic rings. The Kier molecular flexibility index (Phi) is 5.12. The number of likely N-dealkylation sites (tertiary alicyclic amines) is 1. The van der Waals surface area contributed by atoms with Gasteiger partial charge in [0.1, 0.15) is 0 Å². The largest absolute Gasteiger partial charge is 0.324 e. The van der Waals surface area contributed by atoms with Gasteiger partial charge in [0.05, 0.1) is 4.90 Å². The van der Waals surface area contributed by atoms with Gasteiger partial charge in [-0.15, -0.1) is 0 Å². The first-order valence-corrected chi connectivity index (χ1v) is 11.1. The average Bonchev–Trinajstić information content (AvgIpc) is 3.33. The van der Waals surface area contributed by atoms with Crippen molar-refractivity contribution in [3.8, 4) is 0 Å². The summed E-state index contributed by atoms with van der Waals surface area (Å²) in [7, 11) is -3.56. The Hall–Kier alpha value is -2.38. The summed E-state index contributed by atoms with van der Waals surface area (Å²) in [6.07, 6.45) is 2.69. The average molecular weight is 400 g/mol. The third-order valence-corrected chi connectivity index (χ3v) is 7.04. The number of carbonyl (C=O) groups excluding carboxylic acids is 1. The molecule has 4 rings (SSSR count). The van der Waals surface area contributed by atoms with E-state index in [1.54, 1.807) is 30.0 Å². The number of nitrogens with zero attached hydrogens (tertiary/aromatic N) is 1. The molecule has 1 saturated heterocycles. The lowest BCUT2D eigenvalue weighted by molar-refractivity contribution is 0.222. The van der Waals surface area contributed by atoms with Crippen LogP contribution >= 0.6 is 0 Å². The van der Waals surface area contributed by atoms with Crippen LogP contribution in [0.2, 0.25) is 0 Å². The van der Waals surface area contributed by atoms with Crippen molar-refractivity contribution in [3.05, 3.63) is 59.7 Å². The molecule has 1 aliphatic heterocycles. The Morgan fingerprint density at radius 1 is 1.07 bits per heavy atom. The van der Waals surface area contributed by atoms with E-state index >= 15 is 0 Å². The Balaban J connectivity index is 1.44. The molecule has 2 aromatic rings. The van der Waals surface area contributed by atoms with E-state index in [1.165, 1.54) is 5.56 Å². The van der Waals surface area contributed by atoms with E-state index in [2.05, 4.69) is 22.2 Å². The van der Waals surface area contributed by atoms with Crippen LogP contribution in [-0.2, 0) is 10.0 Å². The predicted octanol–water partition coefficient (Wildman–Crippen LogP) is 3.46. The van der Waals surface area contributed by atoms with Gasteiger partial charge >= 0.3 is 6.03 Å². The number of sulfonamides is 1. The molecule has 2 fully saturated rings. The van der Waals surface area contributed by atoms with Crippen molar-refractivity contribution in [1.82, 2.24) is 9.62 Å². The Labute approximate surface area is 166 Å². The summed E-state index contributed by atoms with van der Waals surface area (Å²) in [4.78, 5) is 14.7. The number of anilines is 1. The fourth-order valence-electron chi connectivity index (χ4n) is 3.60. The first-order valence-electron chi connectivity index (χ1n) is 9.66. The van der Waals surface area contributed by atoms with Crippen LogP contribution in [0.4, 0.5) is 10.5 Å². The van der Waals surface area contributed by atoms with Gasteiger partial charge in [-0.25, -0.2) is 17.9 Å². The van der Waals surface area contributed by atoms with Crippen molar-refractivity contribution in [1.29, 1.82) is 0 Å². The standard InChI is InChI=1S/C21H25N3O3S/c1-15-7-8-19(13-20(15)28(26,27)23-18-9-10-18)22-21(25)24-12-11-17(14-24)16-5-3-2-4-6-16/h2-8,13,17-18,23H,9-12,14H2,1H3,(H,22,25). The molecule has 2 N–H and O–H groups in total. The van der Waals surface area contributed by atoms with E-state index in [1.807, 2.05) is 18.2 Å². The SMILES string of the molecule is Cc1ccc(NC(=O)N2CCC(c3ccccc3)C2)cc1S(=O)(=O)NC1CC1. The smallest absolute Gasteiger partial charge is 0.321 e. The maximum atomic E-state index is 12.7. The van der Waals surface area contributed by atoms with Crippen LogP contribution in [0.1, 0.15) is 36.3 Å². The molecular formula is C21H25N3O3S. The molecule has 7 heteroatoms. The highest BCUT2D eigenvalue weighted by atomic mass is 32.2. The van der Waals surface area contributed by atoms with E-state index < -0.39 is 10.0 Å². The summed E-state index contributed by atoms with van der Waals surface area (Å²) in [5.74, 6) is 0.337. The molecular weight excluding hydrogens is 374 g/mol. The summed E-state index contributed by atoms with van der Waals surface area (Å²) in [5.41, 5.74) is 2.40. The second kappa shape index (κ2) is 7.56. The Bertz CT molecular complexity index is 972. The number of aryl methyl sites for hydroxylation is 1. The normalized spacial score (nSPS) is 19.6. The third kappa shape index (κ3) is 4.20. The quantitative estimate of drug-likeness (QED) is 0.808. The number of nitrogens with one attached hydrogen (secondary N) is 2. The van der Waals surface area contributed by atoms with Gasteiger partial charge in [0.15, 0.2) is 0 Å². The number of rotatable bonds is 5. The molecule has 2 amide bonds. The van der Waals surface area contributed by atoms with Gasteiger partial charge in [0.2, 0.25) is 10.0 Å².